The van der Waals surface area contributed by atoms with E-state index < -0.39 is 0 Å². The molecule has 3 heteroatoms. The molecule has 22 heavy (non-hydrogen) atoms. The molecule has 2 rings (SSSR count). The fraction of sp³-hybridized carbons (Fsp3) is 1.00. The van der Waals surface area contributed by atoms with Crippen molar-refractivity contribution in [3.8, 4) is 0 Å². The Morgan fingerprint density at radius 2 is 1.55 bits per heavy atom. The zero-order valence-electron chi connectivity index (χ0n) is 16.2. The Labute approximate surface area is 139 Å². The molecule has 130 valence electrons. The molecule has 0 N–H and O–H groups in total. The molecule has 2 saturated heterocycles. The molecule has 0 saturated carbocycles. The van der Waals surface area contributed by atoms with Gasteiger partial charge in [-0.25, -0.2) is 0 Å². The molecule has 0 aromatic rings. The third kappa shape index (κ3) is 3.52. The third-order valence-electron chi connectivity index (χ3n) is 7.23. The van der Waals surface area contributed by atoms with Crippen LogP contribution in [0.15, 0.2) is 0 Å². The lowest BCUT2D eigenvalue weighted by Crippen LogP contribution is -2.61. The molecule has 0 radical (unpaired) electrons. The first-order chi connectivity index (χ1) is 10.2. The van der Waals surface area contributed by atoms with Gasteiger partial charge in [-0.05, 0) is 99.1 Å². The van der Waals surface area contributed by atoms with Crippen molar-refractivity contribution in [2.24, 2.45) is 5.41 Å². The highest BCUT2D eigenvalue weighted by molar-refractivity contribution is 5.01. The molecule has 2 aliphatic heterocycles. The first kappa shape index (κ1) is 18.2. The van der Waals surface area contributed by atoms with E-state index in [0.29, 0.717) is 11.5 Å². The van der Waals surface area contributed by atoms with E-state index in [-0.39, 0.29) is 5.54 Å². The predicted molar refractivity (Wildman–Crippen MR) is 96.4 cm³/mol. The van der Waals surface area contributed by atoms with Crippen LogP contribution in [0.25, 0.3) is 0 Å². The lowest BCUT2D eigenvalue weighted by Gasteiger charge is -2.56. The fourth-order valence-corrected chi connectivity index (χ4v) is 4.41. The normalized spacial score (nSPS) is 26.0. The van der Waals surface area contributed by atoms with Gasteiger partial charge >= 0.3 is 0 Å². The summed E-state index contributed by atoms with van der Waals surface area (Å²) < 4.78 is 0. The third-order valence-corrected chi connectivity index (χ3v) is 7.23. The summed E-state index contributed by atoms with van der Waals surface area (Å²) in [5.74, 6) is 0. The molecule has 3 nitrogen and oxygen atoms in total. The first-order valence-electron chi connectivity index (χ1n) is 9.33. The van der Waals surface area contributed by atoms with E-state index >= 15 is 0 Å². The second kappa shape index (κ2) is 6.78. The second-order valence-electron chi connectivity index (χ2n) is 8.89. The summed E-state index contributed by atoms with van der Waals surface area (Å²) in [6.07, 6.45) is 5.31. The first-order valence-corrected chi connectivity index (χ1v) is 9.33. The van der Waals surface area contributed by atoms with Gasteiger partial charge in [0.1, 0.15) is 0 Å². The minimum atomic E-state index is 0.274. The van der Waals surface area contributed by atoms with Gasteiger partial charge in [0.15, 0.2) is 0 Å². The molecular weight excluding hydrogens is 270 g/mol. The van der Waals surface area contributed by atoms with Crippen LogP contribution >= 0.6 is 0 Å². The van der Waals surface area contributed by atoms with Gasteiger partial charge in [-0.3, -0.25) is 4.90 Å². The highest BCUT2D eigenvalue weighted by Crippen LogP contribution is 2.45. The molecule has 0 amide bonds. The quantitative estimate of drug-likeness (QED) is 0.789. The molecule has 0 aromatic heterocycles. The molecular formula is C19H39N3. The van der Waals surface area contributed by atoms with Crippen LogP contribution in [0.4, 0.5) is 0 Å². The van der Waals surface area contributed by atoms with Gasteiger partial charge in [0.2, 0.25) is 0 Å². The van der Waals surface area contributed by atoms with Gasteiger partial charge in [0.25, 0.3) is 0 Å². The summed E-state index contributed by atoms with van der Waals surface area (Å²) in [7, 11) is 4.64. The Morgan fingerprint density at radius 3 is 2.00 bits per heavy atom. The maximum absolute atomic E-state index is 2.73. The summed E-state index contributed by atoms with van der Waals surface area (Å²) in [4.78, 5) is 7.85. The molecule has 0 unspecified atom stereocenters. The van der Waals surface area contributed by atoms with Crippen LogP contribution in [-0.2, 0) is 0 Å². The Kier molecular flexibility index (Phi) is 5.62. The zero-order valence-corrected chi connectivity index (χ0v) is 16.2. The number of likely N-dealkylation sites (tertiary alicyclic amines) is 2. The standard InChI is InChI=1S/C19H39N3/c1-16(2)22-14-10-19(5,11-15-22)18(3,4)21(7)17-8-12-20(6)13-9-17/h16-17H,8-15H2,1-7H3. The van der Waals surface area contributed by atoms with E-state index in [1.165, 1.54) is 51.9 Å². The van der Waals surface area contributed by atoms with Gasteiger partial charge in [0, 0.05) is 17.6 Å². The SMILES string of the molecule is CC(C)N1CCC(C)(C(C)(C)N(C)C2CCN(C)CC2)CC1. The van der Waals surface area contributed by atoms with Crippen molar-refractivity contribution in [3.63, 3.8) is 0 Å². The lowest BCUT2D eigenvalue weighted by molar-refractivity contribution is -0.0594. The Balaban J connectivity index is 2.02. The van der Waals surface area contributed by atoms with Crippen LogP contribution in [0.5, 0.6) is 0 Å². The smallest absolute Gasteiger partial charge is 0.0207 e. The summed E-state index contributed by atoms with van der Waals surface area (Å²) in [5, 5.41) is 0. The van der Waals surface area contributed by atoms with Gasteiger partial charge in [-0.2, -0.15) is 0 Å². The average molecular weight is 310 g/mol. The van der Waals surface area contributed by atoms with E-state index in [9.17, 15) is 0 Å². The van der Waals surface area contributed by atoms with Crippen LogP contribution < -0.4 is 0 Å². The topological polar surface area (TPSA) is 9.72 Å². The lowest BCUT2D eigenvalue weighted by atomic mass is 9.65. The van der Waals surface area contributed by atoms with Gasteiger partial charge < -0.3 is 9.80 Å². The van der Waals surface area contributed by atoms with Crippen molar-refractivity contribution in [1.82, 2.24) is 14.7 Å². The molecule has 0 atom stereocenters. The van der Waals surface area contributed by atoms with Crippen LogP contribution in [0.3, 0.4) is 0 Å². The van der Waals surface area contributed by atoms with Crippen LogP contribution in [-0.4, -0.2) is 72.6 Å². The summed E-state index contributed by atoms with van der Waals surface area (Å²) >= 11 is 0. The fourth-order valence-electron chi connectivity index (χ4n) is 4.41. The molecule has 0 spiro atoms. The minimum Gasteiger partial charge on any atom is -0.306 e. The van der Waals surface area contributed by atoms with Crippen LogP contribution in [0.1, 0.15) is 60.3 Å². The number of rotatable bonds is 4. The van der Waals surface area contributed by atoms with Crippen molar-refractivity contribution in [2.45, 2.75) is 77.9 Å². The predicted octanol–water partition coefficient (Wildman–Crippen LogP) is 3.30. The molecule has 0 aliphatic carbocycles. The van der Waals surface area contributed by atoms with Crippen molar-refractivity contribution >= 4 is 0 Å². The maximum atomic E-state index is 2.73. The number of nitrogens with zero attached hydrogens (tertiary/aromatic N) is 3. The highest BCUT2D eigenvalue weighted by Gasteiger charge is 2.47. The molecule has 0 aromatic carbocycles. The van der Waals surface area contributed by atoms with Crippen LogP contribution in [0.2, 0.25) is 0 Å². The summed E-state index contributed by atoms with van der Waals surface area (Å²) in [6, 6.07) is 1.45. The molecule has 0 bridgehead atoms. The van der Waals surface area contributed by atoms with E-state index in [2.05, 4.69) is 63.4 Å². The summed E-state index contributed by atoms with van der Waals surface area (Å²) in [6.45, 7) is 17.2. The van der Waals surface area contributed by atoms with E-state index in [4.69, 9.17) is 0 Å². The molecule has 2 fully saturated rings. The van der Waals surface area contributed by atoms with Gasteiger partial charge in [-0.15, -0.1) is 0 Å². The van der Waals surface area contributed by atoms with Crippen LogP contribution in [0, 0.1) is 5.41 Å². The molecule has 2 aliphatic rings. The largest absolute Gasteiger partial charge is 0.306 e. The van der Waals surface area contributed by atoms with Gasteiger partial charge in [-0.1, -0.05) is 6.92 Å². The highest BCUT2D eigenvalue weighted by atomic mass is 15.2. The van der Waals surface area contributed by atoms with Gasteiger partial charge in [0.05, 0.1) is 0 Å². The zero-order chi connectivity index (χ0) is 16.5. The number of piperidine rings is 2. The maximum Gasteiger partial charge on any atom is 0.0207 e. The van der Waals surface area contributed by atoms with E-state index in [1.54, 1.807) is 0 Å². The summed E-state index contributed by atoms with van der Waals surface area (Å²) in [5.41, 5.74) is 0.702. The minimum absolute atomic E-state index is 0.274. The van der Waals surface area contributed by atoms with E-state index in [1.807, 2.05) is 0 Å². The monoisotopic (exact) mass is 309 g/mol. The number of hydrogen-bond acceptors (Lipinski definition) is 3. The second-order valence-corrected chi connectivity index (χ2v) is 8.89. The van der Waals surface area contributed by atoms with Crippen molar-refractivity contribution in [1.29, 1.82) is 0 Å². The average Bonchev–Trinajstić information content (AvgIpc) is 2.47. The van der Waals surface area contributed by atoms with Crippen molar-refractivity contribution in [2.75, 3.05) is 40.3 Å². The Bertz CT molecular complexity index is 348. The van der Waals surface area contributed by atoms with E-state index in [0.717, 1.165) is 6.04 Å². The Morgan fingerprint density at radius 1 is 1.05 bits per heavy atom. The Hall–Kier alpha value is -0.120. The van der Waals surface area contributed by atoms with Crippen molar-refractivity contribution in [3.05, 3.63) is 0 Å². The molecule has 2 heterocycles. The van der Waals surface area contributed by atoms with Crippen molar-refractivity contribution < 1.29 is 0 Å². The number of hydrogen-bond donors (Lipinski definition) is 0.